The predicted octanol–water partition coefficient (Wildman–Crippen LogP) is 37.8. The van der Waals surface area contributed by atoms with Crippen molar-refractivity contribution >= 4 is 190 Å². The summed E-state index contributed by atoms with van der Waals surface area (Å²) in [6.45, 7) is 26.2. The van der Waals surface area contributed by atoms with E-state index in [0.717, 1.165) is 204 Å². The van der Waals surface area contributed by atoms with Crippen molar-refractivity contribution < 1.29 is 29.1 Å². The monoisotopic (exact) mass is 1910 g/mol. The highest BCUT2D eigenvalue weighted by Crippen LogP contribution is 2.56. The molecule has 13 heteroatoms. The lowest BCUT2D eigenvalue weighted by Gasteiger charge is -2.32. The minimum Gasteiger partial charge on any atom is -0.478 e. The highest BCUT2D eigenvalue weighted by Gasteiger charge is 2.41. The van der Waals surface area contributed by atoms with Gasteiger partial charge in [0.2, 0.25) is 0 Å². The van der Waals surface area contributed by atoms with Crippen LogP contribution in [0.25, 0.3) is 147 Å². The number of carbonyl (C=O) groups is 5. The van der Waals surface area contributed by atoms with E-state index in [2.05, 4.69) is 282 Å². The predicted molar refractivity (Wildman–Crippen MR) is 598 cm³/mol. The van der Waals surface area contributed by atoms with Gasteiger partial charge in [0.1, 0.15) is 0 Å². The van der Waals surface area contributed by atoms with E-state index in [9.17, 15) is 9.90 Å². The summed E-state index contributed by atoms with van der Waals surface area (Å²) in [7, 11) is 0. The fourth-order valence-corrected chi connectivity index (χ4v) is 28.1. The summed E-state index contributed by atoms with van der Waals surface area (Å²) in [6.07, 6.45) is 22.4. The molecule has 9 nitrogen and oxygen atoms in total. The third-order valence-corrected chi connectivity index (χ3v) is 35.2. The maximum absolute atomic E-state index is 15.2. The van der Waals surface area contributed by atoms with Crippen molar-refractivity contribution in [3.05, 3.63) is 315 Å². The number of carbonyl (C=O) groups excluding carboxylic acids is 4. The van der Waals surface area contributed by atoms with E-state index in [1.807, 2.05) is 81.7 Å². The summed E-state index contributed by atoms with van der Waals surface area (Å²) in [4.78, 5) is 89.0. The molecule has 19 aromatic rings. The lowest BCUT2D eigenvalue weighted by Crippen LogP contribution is -2.41. The molecule has 0 fully saturated rings. The number of aryl methyl sites for hydroxylation is 4. The molecule has 0 atom stereocenters. The maximum atomic E-state index is 15.2. The van der Waals surface area contributed by atoms with Crippen LogP contribution in [0.15, 0.2) is 243 Å². The number of imide groups is 2. The van der Waals surface area contributed by atoms with Crippen LogP contribution in [0.2, 0.25) is 0 Å². The molecule has 0 saturated heterocycles. The van der Waals surface area contributed by atoms with Gasteiger partial charge in [-0.25, -0.2) is 14.6 Å². The molecule has 2 aliphatic heterocycles. The second-order valence-electron chi connectivity index (χ2n) is 40.4. The lowest BCUT2D eigenvalue weighted by molar-refractivity contribution is 0.0695. The number of thiophene rings is 4. The van der Waals surface area contributed by atoms with Crippen LogP contribution < -0.4 is 14.7 Å². The summed E-state index contributed by atoms with van der Waals surface area (Å²) in [6, 6.07) is 87.0. The lowest BCUT2D eigenvalue weighted by atomic mass is 9.83. The van der Waals surface area contributed by atoms with Crippen LogP contribution in [0.3, 0.4) is 0 Å². The Morgan fingerprint density at radius 2 is 0.543 bits per heavy atom. The minimum absolute atomic E-state index is 0.0965. The van der Waals surface area contributed by atoms with E-state index in [1.165, 1.54) is 155 Å². The SMILES string of the molecule is CCCCCCc1cc(-c2ccc(N(c3ccc(C(=O)O)cc3)c3ccc(-c4cc(CCCCCC)c(-c5cc(CCCCCC)c(-c6ccc7c8ccc9c%10c(ccc(c%11cccc6c%117)c%108)C(=O)N(c6c(C(C)C)cccc6C(C)C)C9=O)s5)s4)cc3)cc2)sc1-c1cc(CCCCCC)c(-c2ccc3c4ccc5c6c(ccc(c7cccc2c73)c64)C(=O)N(c2c(C(C)C)cccc2C(C)C)C5=O)s1. The number of carboxylic acids is 1. The number of anilines is 5. The topological polar surface area (TPSA) is 115 Å². The summed E-state index contributed by atoms with van der Waals surface area (Å²) in [5, 5.41) is 27.1. The fourth-order valence-electron chi connectivity index (χ4n) is 22.9. The molecule has 0 unspecified atom stereocenters. The zero-order valence-corrected chi connectivity index (χ0v) is 85.8. The Bertz CT molecular complexity index is 7430. The zero-order valence-electron chi connectivity index (χ0n) is 82.5. The number of hydrogen-bond donors (Lipinski definition) is 1. The number of carboxylic acid groups (broad SMARTS) is 1. The molecular weight excluding hydrogens is 1790 g/mol. The third kappa shape index (κ3) is 16.4. The minimum atomic E-state index is -0.966. The van der Waals surface area contributed by atoms with Crippen molar-refractivity contribution in [3.63, 3.8) is 0 Å². The van der Waals surface area contributed by atoms with E-state index in [1.54, 1.807) is 12.1 Å². The number of unbranched alkanes of at least 4 members (excludes halogenated alkanes) is 12. The summed E-state index contributed by atoms with van der Waals surface area (Å²) >= 11 is 7.69. The Hall–Kier alpha value is -12.8. The number of amides is 4. The van der Waals surface area contributed by atoms with Gasteiger partial charge in [-0.3, -0.25) is 19.2 Å². The van der Waals surface area contributed by atoms with Gasteiger partial charge < -0.3 is 10.0 Å². The fraction of sp³-hybridized carbons (Fsp3) is 0.283. The second kappa shape index (κ2) is 39.0. The Morgan fingerprint density at radius 3 is 0.850 bits per heavy atom. The van der Waals surface area contributed by atoms with Crippen LogP contribution >= 0.6 is 45.3 Å². The Labute approximate surface area is 838 Å². The van der Waals surface area contributed by atoms with Crippen molar-refractivity contribution in [2.75, 3.05) is 14.7 Å². The Balaban J connectivity index is 0.612. The maximum Gasteiger partial charge on any atom is 0.335 e. The molecule has 4 amide bonds. The van der Waals surface area contributed by atoms with E-state index in [0.29, 0.717) is 22.3 Å². The molecule has 0 saturated carbocycles. The van der Waals surface area contributed by atoms with Gasteiger partial charge in [0.05, 0.1) is 16.9 Å². The summed E-state index contributed by atoms with van der Waals surface area (Å²) in [5.74, 6) is -1.68. The summed E-state index contributed by atoms with van der Waals surface area (Å²) < 4.78 is 0. The number of para-hydroxylation sites is 2. The van der Waals surface area contributed by atoms with Gasteiger partial charge >= 0.3 is 5.97 Å². The standard InChI is InChI=1S/C127H121N3O6S4/c1-13-17-21-25-33-80-71-109(139-119(80)101-63-57-95-99-61-67-105-115-103(65-59-97(113(99)115)91-41-31-43-93(101)111(91)95)123(131)129(125(105)133)117-87(73(5)6)37-29-38-88(117)74(7)8)121-82(35-27-23-19-15-3)69-107(137-121)77-45-51-84(52-46-77)128(86-55-49-79(50-56-86)127(135)136)85-53-47-78(48-54-85)108-70-83(36-28-24-20-16-4)122(138-108)110-72-81(34-26-22-18-14-2)120(140-110)102-64-58-96-100-62-68-106-116-104(66-60-98(114(100)116)92-42-32-44-94(102)112(92)96)124(132)130(126(106)134)118-89(75(9)10)39-30-40-90(118)76(11)12/h29-32,37-76H,13-28,33-36H2,1-12H3,(H,135,136). The number of nitrogens with zero attached hydrogens (tertiary/aromatic N) is 3. The average molecular weight is 1910 g/mol. The van der Waals surface area contributed by atoms with Crippen LogP contribution in [0, 0.1) is 0 Å². The molecule has 0 radical (unpaired) electrons. The highest BCUT2D eigenvalue weighted by atomic mass is 32.1. The molecule has 704 valence electrons. The van der Waals surface area contributed by atoms with Gasteiger partial charge in [0, 0.05) is 89.1 Å². The molecule has 0 bridgehead atoms. The van der Waals surface area contributed by atoms with E-state index >= 15 is 19.2 Å². The normalized spacial score (nSPS) is 13.1. The largest absolute Gasteiger partial charge is 0.478 e. The number of benzene rings is 15. The van der Waals surface area contributed by atoms with Crippen LogP contribution in [0.5, 0.6) is 0 Å². The van der Waals surface area contributed by atoms with Crippen molar-refractivity contribution in [1.29, 1.82) is 0 Å². The Morgan fingerprint density at radius 1 is 0.279 bits per heavy atom. The third-order valence-electron chi connectivity index (χ3n) is 30.0. The van der Waals surface area contributed by atoms with E-state index in [-0.39, 0.29) is 52.9 Å². The molecule has 4 aromatic heterocycles. The smallest absolute Gasteiger partial charge is 0.335 e. The van der Waals surface area contributed by atoms with Crippen molar-refractivity contribution in [2.45, 2.75) is 235 Å². The number of hydrogen-bond acceptors (Lipinski definition) is 10. The summed E-state index contributed by atoms with van der Waals surface area (Å²) in [5.41, 5.74) is 20.9. The molecular formula is C127H121N3O6S4. The number of aromatic carboxylic acids is 1. The first-order valence-electron chi connectivity index (χ1n) is 51.4. The van der Waals surface area contributed by atoms with Crippen LogP contribution in [-0.4, -0.2) is 34.7 Å². The molecule has 0 aliphatic carbocycles. The average Bonchev–Trinajstić information content (AvgIpc) is 1.10. The second-order valence-corrected chi connectivity index (χ2v) is 44.6. The van der Waals surface area contributed by atoms with E-state index in [4.69, 9.17) is 0 Å². The van der Waals surface area contributed by atoms with Gasteiger partial charge in [-0.2, -0.15) is 0 Å². The van der Waals surface area contributed by atoms with Crippen molar-refractivity contribution in [2.24, 2.45) is 0 Å². The highest BCUT2D eigenvalue weighted by molar-refractivity contribution is 7.26. The molecule has 6 heterocycles. The molecule has 15 aromatic carbocycles. The quantitative estimate of drug-likeness (QED) is 0.0180. The first-order chi connectivity index (χ1) is 68.1. The molecule has 2 aliphatic rings. The molecule has 0 spiro atoms. The molecule has 1 N–H and O–H groups in total. The van der Waals surface area contributed by atoms with Gasteiger partial charge in [0.25, 0.3) is 23.6 Å². The first-order valence-corrected chi connectivity index (χ1v) is 54.6. The van der Waals surface area contributed by atoms with Gasteiger partial charge in [-0.1, -0.05) is 306 Å². The van der Waals surface area contributed by atoms with Crippen LogP contribution in [-0.2, 0) is 25.7 Å². The number of fused-ring (bicyclic) bond motifs is 4. The molecule has 21 rings (SSSR count). The van der Waals surface area contributed by atoms with E-state index < -0.39 is 5.97 Å². The van der Waals surface area contributed by atoms with Crippen molar-refractivity contribution in [1.82, 2.24) is 0 Å². The number of rotatable bonds is 36. The first kappa shape index (κ1) is 93.5. The Kier molecular flexibility index (Phi) is 26.1. The van der Waals surface area contributed by atoms with Crippen molar-refractivity contribution in [3.8, 4) is 61.3 Å². The molecule has 140 heavy (non-hydrogen) atoms. The van der Waals surface area contributed by atoms with Crippen LogP contribution in [0.4, 0.5) is 28.4 Å². The van der Waals surface area contributed by atoms with Gasteiger partial charge in [-0.15, -0.1) is 45.3 Å². The van der Waals surface area contributed by atoms with Gasteiger partial charge in [0.15, 0.2) is 0 Å². The van der Waals surface area contributed by atoms with Gasteiger partial charge in [-0.05, 0) is 314 Å². The zero-order chi connectivity index (χ0) is 96.7. The van der Waals surface area contributed by atoms with Crippen LogP contribution in [0.1, 0.15) is 306 Å².